The molecule has 0 saturated carbocycles. The number of fused-ring (bicyclic) bond motifs is 2. The van der Waals surface area contributed by atoms with Gasteiger partial charge in [-0.1, -0.05) is 70.5 Å². The Labute approximate surface area is 218 Å². The Morgan fingerprint density at radius 3 is 2.53 bits per heavy atom. The number of amides is 1. The summed E-state index contributed by atoms with van der Waals surface area (Å²) in [4.78, 5) is 20.5. The monoisotopic (exact) mass is 538 g/mol. The average Bonchev–Trinajstić information content (AvgIpc) is 3.27. The molecular weight excluding hydrogens is 512 g/mol. The van der Waals surface area contributed by atoms with E-state index in [4.69, 9.17) is 4.98 Å². The quantitative estimate of drug-likeness (QED) is 0.268. The lowest BCUT2D eigenvalue weighted by molar-refractivity contribution is -0.121. The Hall–Kier alpha value is -3.48. The van der Waals surface area contributed by atoms with Crippen molar-refractivity contribution >= 4 is 49.3 Å². The molecule has 5 aromatic rings. The maximum atomic E-state index is 13.1. The minimum absolute atomic E-state index is 0.0177. The highest BCUT2D eigenvalue weighted by Gasteiger charge is 2.26. The molecule has 0 bridgehead atoms. The van der Waals surface area contributed by atoms with Gasteiger partial charge < -0.3 is 5.32 Å². The Morgan fingerprint density at radius 1 is 0.917 bits per heavy atom. The zero-order valence-electron chi connectivity index (χ0n) is 19.9. The maximum Gasteiger partial charge on any atom is 0.227 e. The second-order valence-electron chi connectivity index (χ2n) is 9.40. The van der Waals surface area contributed by atoms with Crippen LogP contribution in [0.2, 0.25) is 0 Å². The topological polar surface area (TPSA) is 50.2 Å². The summed E-state index contributed by atoms with van der Waals surface area (Å²) < 4.78 is 3.29. The van der Waals surface area contributed by atoms with Crippen LogP contribution in [0.3, 0.4) is 0 Å². The van der Waals surface area contributed by atoms with E-state index in [9.17, 15) is 4.79 Å². The van der Waals surface area contributed by atoms with Gasteiger partial charge in [0.2, 0.25) is 5.91 Å². The smallest absolute Gasteiger partial charge is 0.227 e. The maximum absolute atomic E-state index is 13.1. The molecule has 0 spiro atoms. The summed E-state index contributed by atoms with van der Waals surface area (Å²) in [5.41, 5.74) is 4.09. The second-order valence-corrected chi connectivity index (χ2v) is 10.3. The molecule has 1 fully saturated rings. The molecule has 4 aromatic carbocycles. The van der Waals surface area contributed by atoms with E-state index in [1.807, 2.05) is 36.4 Å². The Morgan fingerprint density at radius 2 is 1.67 bits per heavy atom. The van der Waals surface area contributed by atoms with E-state index in [0.717, 1.165) is 76.0 Å². The first-order valence-corrected chi connectivity index (χ1v) is 13.2. The predicted octanol–water partition coefficient (Wildman–Crippen LogP) is 6.79. The third kappa shape index (κ3) is 4.54. The summed E-state index contributed by atoms with van der Waals surface area (Å²) in [6.45, 7) is 2.49. The summed E-state index contributed by atoms with van der Waals surface area (Å²) in [6.07, 6.45) is 1.68. The highest BCUT2D eigenvalue weighted by atomic mass is 79.9. The molecule has 0 unspecified atom stereocenters. The van der Waals surface area contributed by atoms with Crippen molar-refractivity contribution in [3.05, 3.63) is 101 Å². The number of carbonyl (C=O) groups excluding carboxylic acids is 1. The lowest BCUT2D eigenvalue weighted by Crippen LogP contribution is -2.38. The van der Waals surface area contributed by atoms with E-state index in [0.29, 0.717) is 0 Å². The van der Waals surface area contributed by atoms with Gasteiger partial charge in [0.1, 0.15) is 5.82 Å². The second kappa shape index (κ2) is 9.88. The first-order chi connectivity index (χ1) is 17.7. The first-order valence-electron chi connectivity index (χ1n) is 12.4. The number of aromatic nitrogens is 2. The van der Waals surface area contributed by atoms with Gasteiger partial charge in [-0.15, -0.1) is 0 Å². The minimum Gasteiger partial charge on any atom is -0.325 e. The lowest BCUT2D eigenvalue weighted by Gasteiger charge is -2.31. The average molecular weight is 539 g/mol. The third-order valence-corrected chi connectivity index (χ3v) is 7.56. The van der Waals surface area contributed by atoms with Crippen molar-refractivity contribution in [2.24, 2.45) is 5.92 Å². The number of imidazole rings is 1. The van der Waals surface area contributed by atoms with Crippen LogP contribution in [0.5, 0.6) is 0 Å². The molecule has 1 N–H and O–H groups in total. The number of nitrogens with zero attached hydrogens (tertiary/aromatic N) is 3. The molecule has 1 aliphatic rings. The number of benzene rings is 4. The van der Waals surface area contributed by atoms with Gasteiger partial charge in [0.05, 0.1) is 17.6 Å². The number of rotatable bonds is 5. The van der Waals surface area contributed by atoms with Crippen LogP contribution in [0, 0.1) is 5.92 Å². The molecule has 1 aliphatic heterocycles. The number of hydrogen-bond donors (Lipinski definition) is 1. The number of para-hydroxylation sites is 2. The molecule has 36 heavy (non-hydrogen) atoms. The van der Waals surface area contributed by atoms with Crippen LogP contribution in [-0.4, -0.2) is 33.4 Å². The number of halogens is 1. The normalized spacial score (nSPS) is 14.9. The fourth-order valence-electron chi connectivity index (χ4n) is 5.21. The van der Waals surface area contributed by atoms with E-state index in [-0.39, 0.29) is 11.8 Å². The number of anilines is 1. The van der Waals surface area contributed by atoms with E-state index in [1.54, 1.807) is 0 Å². The van der Waals surface area contributed by atoms with E-state index >= 15 is 0 Å². The van der Waals surface area contributed by atoms with Crippen LogP contribution in [0.1, 0.15) is 18.7 Å². The van der Waals surface area contributed by atoms with Gasteiger partial charge in [-0.2, -0.15) is 0 Å². The Balaban J connectivity index is 1.16. The molecule has 2 heterocycles. The SMILES string of the molecule is O=C(Nc1cccc2ccccc12)C1CCN(Cc2nc3ccccc3n2-c2cccc(Br)c2)CC1. The molecule has 5 nitrogen and oxygen atoms in total. The zero-order valence-corrected chi connectivity index (χ0v) is 21.5. The van der Waals surface area contributed by atoms with Crippen LogP contribution in [0.25, 0.3) is 27.5 Å². The summed E-state index contributed by atoms with van der Waals surface area (Å²) in [5, 5.41) is 5.41. The Kier molecular flexibility index (Phi) is 6.30. The summed E-state index contributed by atoms with van der Waals surface area (Å²) in [5.74, 6) is 1.16. The van der Waals surface area contributed by atoms with Gasteiger partial charge in [-0.25, -0.2) is 4.98 Å². The highest BCUT2D eigenvalue weighted by Crippen LogP contribution is 2.28. The molecular formula is C30H27BrN4O. The number of nitrogens with one attached hydrogen (secondary N) is 1. The number of piperidine rings is 1. The molecule has 0 aliphatic carbocycles. The van der Waals surface area contributed by atoms with Crippen molar-refractivity contribution in [3.63, 3.8) is 0 Å². The minimum atomic E-state index is 0.0177. The molecule has 180 valence electrons. The van der Waals surface area contributed by atoms with Crippen molar-refractivity contribution in [2.75, 3.05) is 18.4 Å². The summed E-state index contributed by atoms with van der Waals surface area (Å²) in [7, 11) is 0. The highest BCUT2D eigenvalue weighted by molar-refractivity contribution is 9.10. The predicted molar refractivity (Wildman–Crippen MR) is 149 cm³/mol. The van der Waals surface area contributed by atoms with Crippen molar-refractivity contribution < 1.29 is 4.79 Å². The van der Waals surface area contributed by atoms with Crippen molar-refractivity contribution in [1.29, 1.82) is 0 Å². The number of hydrogen-bond acceptors (Lipinski definition) is 3. The van der Waals surface area contributed by atoms with Crippen molar-refractivity contribution in [1.82, 2.24) is 14.5 Å². The van der Waals surface area contributed by atoms with Gasteiger partial charge in [-0.05, 0) is 67.7 Å². The van der Waals surface area contributed by atoms with E-state index < -0.39 is 0 Å². The first kappa shape index (κ1) is 23.0. The van der Waals surface area contributed by atoms with Crippen LogP contribution in [0.4, 0.5) is 5.69 Å². The van der Waals surface area contributed by atoms with Gasteiger partial charge in [0.25, 0.3) is 0 Å². The molecule has 0 radical (unpaired) electrons. The molecule has 6 rings (SSSR count). The largest absolute Gasteiger partial charge is 0.325 e. The van der Waals surface area contributed by atoms with Gasteiger partial charge in [0.15, 0.2) is 0 Å². The summed E-state index contributed by atoms with van der Waals surface area (Å²) in [6, 6.07) is 30.8. The van der Waals surface area contributed by atoms with Crippen LogP contribution >= 0.6 is 15.9 Å². The van der Waals surface area contributed by atoms with Crippen LogP contribution in [-0.2, 0) is 11.3 Å². The van der Waals surface area contributed by atoms with Gasteiger partial charge >= 0.3 is 0 Å². The zero-order chi connectivity index (χ0) is 24.5. The Bertz CT molecular complexity index is 1550. The third-order valence-electron chi connectivity index (χ3n) is 7.07. The molecule has 1 aromatic heterocycles. The van der Waals surface area contributed by atoms with Crippen molar-refractivity contribution in [2.45, 2.75) is 19.4 Å². The molecule has 1 saturated heterocycles. The molecule has 0 atom stereocenters. The lowest BCUT2D eigenvalue weighted by atomic mass is 9.95. The molecule has 6 heteroatoms. The van der Waals surface area contributed by atoms with E-state index in [2.05, 4.69) is 85.3 Å². The van der Waals surface area contributed by atoms with Gasteiger partial charge in [0, 0.05) is 27.2 Å². The summed E-state index contributed by atoms with van der Waals surface area (Å²) >= 11 is 3.61. The van der Waals surface area contributed by atoms with Gasteiger partial charge in [-0.3, -0.25) is 14.3 Å². The fourth-order valence-corrected chi connectivity index (χ4v) is 5.59. The van der Waals surface area contributed by atoms with Crippen LogP contribution < -0.4 is 5.32 Å². The standard InChI is InChI=1S/C30H27BrN4O/c31-23-9-6-10-24(19-23)35-28-14-4-3-12-27(28)32-29(35)20-34-17-15-22(16-18-34)30(36)33-26-13-5-8-21-7-1-2-11-25(21)26/h1-14,19,22H,15-18,20H2,(H,33,36). The van der Waals surface area contributed by atoms with E-state index in [1.165, 1.54) is 0 Å². The number of likely N-dealkylation sites (tertiary alicyclic amines) is 1. The van der Waals surface area contributed by atoms with Crippen molar-refractivity contribution in [3.8, 4) is 5.69 Å². The fraction of sp³-hybridized carbons (Fsp3) is 0.200. The van der Waals surface area contributed by atoms with Crippen LogP contribution in [0.15, 0.2) is 95.5 Å². The number of carbonyl (C=O) groups is 1. The molecule has 1 amide bonds.